The van der Waals surface area contributed by atoms with Crippen molar-refractivity contribution in [3.63, 3.8) is 0 Å². The van der Waals surface area contributed by atoms with Crippen LogP contribution in [-0.2, 0) is 14.8 Å². The molecular weight excluding hydrogens is 450 g/mol. The molecule has 1 N–H and O–H groups in total. The van der Waals surface area contributed by atoms with Crippen LogP contribution in [0.1, 0.15) is 41.6 Å². The standard InChI is InChI=1S/C23H28ClN3O4S/c1-17-11-12-18(24)16-21(17)27(32(2,30)31)15-7-10-22(28)25-20-9-4-3-8-19(20)23(29)26-13-5-6-14-26/h3-4,8-9,11-12,16H,5-7,10,13-15H2,1-2H3,(H,25,28). The van der Waals surface area contributed by atoms with Crippen molar-refractivity contribution < 1.29 is 18.0 Å². The van der Waals surface area contributed by atoms with E-state index in [4.69, 9.17) is 11.6 Å². The van der Waals surface area contributed by atoms with E-state index < -0.39 is 10.0 Å². The molecule has 9 heteroatoms. The lowest BCUT2D eigenvalue weighted by atomic mass is 10.1. The van der Waals surface area contributed by atoms with Gasteiger partial charge >= 0.3 is 0 Å². The molecule has 3 rings (SSSR count). The van der Waals surface area contributed by atoms with Crippen molar-refractivity contribution in [2.45, 2.75) is 32.6 Å². The third-order valence-electron chi connectivity index (χ3n) is 5.43. The number of para-hydroxylation sites is 1. The fourth-order valence-corrected chi connectivity index (χ4v) is 4.96. The molecule has 0 radical (unpaired) electrons. The second-order valence-corrected chi connectivity index (χ2v) is 10.3. The quantitative estimate of drug-likeness (QED) is 0.620. The average molecular weight is 478 g/mol. The van der Waals surface area contributed by atoms with Gasteiger partial charge in [0.1, 0.15) is 0 Å². The topological polar surface area (TPSA) is 86.8 Å². The molecule has 32 heavy (non-hydrogen) atoms. The molecular formula is C23H28ClN3O4S. The largest absolute Gasteiger partial charge is 0.339 e. The zero-order valence-corrected chi connectivity index (χ0v) is 19.9. The number of nitrogens with zero attached hydrogens (tertiary/aromatic N) is 2. The van der Waals surface area contributed by atoms with Crippen LogP contribution in [0, 0.1) is 6.92 Å². The summed E-state index contributed by atoms with van der Waals surface area (Å²) in [6.45, 7) is 3.41. The molecule has 0 saturated carbocycles. The van der Waals surface area contributed by atoms with Gasteiger partial charge in [-0.05, 0) is 56.0 Å². The maximum Gasteiger partial charge on any atom is 0.255 e. The Morgan fingerprint density at radius 2 is 1.81 bits per heavy atom. The number of hydrogen-bond donors (Lipinski definition) is 1. The first kappa shape index (κ1) is 24.1. The Morgan fingerprint density at radius 1 is 1.12 bits per heavy atom. The van der Waals surface area contributed by atoms with Gasteiger partial charge in [0, 0.05) is 31.1 Å². The van der Waals surface area contributed by atoms with Crippen LogP contribution in [0.5, 0.6) is 0 Å². The van der Waals surface area contributed by atoms with Gasteiger partial charge in [0.2, 0.25) is 15.9 Å². The molecule has 0 aromatic heterocycles. The Balaban J connectivity index is 1.65. The van der Waals surface area contributed by atoms with E-state index in [1.807, 2.05) is 6.92 Å². The fraction of sp³-hybridized carbons (Fsp3) is 0.391. The lowest BCUT2D eigenvalue weighted by molar-refractivity contribution is -0.116. The lowest BCUT2D eigenvalue weighted by Gasteiger charge is -2.24. The molecule has 1 heterocycles. The minimum absolute atomic E-state index is 0.0851. The van der Waals surface area contributed by atoms with Crippen LogP contribution in [0.15, 0.2) is 42.5 Å². The van der Waals surface area contributed by atoms with Crippen molar-refractivity contribution in [2.24, 2.45) is 0 Å². The number of carbonyl (C=O) groups excluding carboxylic acids is 2. The molecule has 1 saturated heterocycles. The van der Waals surface area contributed by atoms with Crippen LogP contribution in [0.4, 0.5) is 11.4 Å². The van der Waals surface area contributed by atoms with E-state index >= 15 is 0 Å². The summed E-state index contributed by atoms with van der Waals surface area (Å²) in [6, 6.07) is 12.0. The summed E-state index contributed by atoms with van der Waals surface area (Å²) in [7, 11) is -3.55. The molecule has 0 aliphatic carbocycles. The summed E-state index contributed by atoms with van der Waals surface area (Å²) in [5, 5.41) is 3.25. The Morgan fingerprint density at radius 3 is 2.50 bits per heavy atom. The van der Waals surface area contributed by atoms with E-state index in [2.05, 4.69) is 5.32 Å². The molecule has 2 aromatic rings. The molecule has 2 aromatic carbocycles. The maximum atomic E-state index is 12.8. The zero-order chi connectivity index (χ0) is 23.3. The first-order valence-electron chi connectivity index (χ1n) is 10.6. The van der Waals surface area contributed by atoms with E-state index in [0.717, 1.165) is 37.8 Å². The molecule has 1 fully saturated rings. The van der Waals surface area contributed by atoms with Crippen molar-refractivity contribution in [3.8, 4) is 0 Å². The highest BCUT2D eigenvalue weighted by Gasteiger charge is 2.23. The number of amides is 2. The Kier molecular flexibility index (Phi) is 7.79. The third kappa shape index (κ3) is 6.01. The van der Waals surface area contributed by atoms with E-state index in [-0.39, 0.29) is 24.8 Å². The van der Waals surface area contributed by atoms with Crippen LogP contribution >= 0.6 is 11.6 Å². The fourth-order valence-electron chi connectivity index (χ4n) is 3.78. The third-order valence-corrected chi connectivity index (χ3v) is 6.85. The first-order valence-corrected chi connectivity index (χ1v) is 12.8. The van der Waals surface area contributed by atoms with Gasteiger partial charge in [0.25, 0.3) is 5.91 Å². The molecule has 0 unspecified atom stereocenters. The number of anilines is 2. The van der Waals surface area contributed by atoms with Crippen LogP contribution in [0.3, 0.4) is 0 Å². The lowest BCUT2D eigenvalue weighted by Crippen LogP contribution is -2.32. The van der Waals surface area contributed by atoms with Crippen molar-refractivity contribution >= 4 is 44.8 Å². The number of benzene rings is 2. The minimum Gasteiger partial charge on any atom is -0.339 e. The number of aryl methyl sites for hydroxylation is 1. The second-order valence-electron chi connectivity index (χ2n) is 7.96. The Bertz CT molecular complexity index is 1100. The Hall–Kier alpha value is -2.58. The minimum atomic E-state index is -3.55. The molecule has 0 spiro atoms. The normalized spacial score (nSPS) is 13.8. The number of nitrogens with one attached hydrogen (secondary N) is 1. The highest BCUT2D eigenvalue weighted by molar-refractivity contribution is 7.92. The summed E-state index contributed by atoms with van der Waals surface area (Å²) in [5.74, 6) is -0.360. The van der Waals surface area contributed by atoms with Gasteiger partial charge in [-0.2, -0.15) is 0 Å². The molecule has 1 aliphatic heterocycles. The van der Waals surface area contributed by atoms with E-state index in [9.17, 15) is 18.0 Å². The van der Waals surface area contributed by atoms with Gasteiger partial charge in [-0.3, -0.25) is 13.9 Å². The predicted octanol–water partition coefficient (Wildman–Crippen LogP) is 4.07. The molecule has 1 aliphatic rings. The van der Waals surface area contributed by atoms with Crippen LogP contribution in [0.2, 0.25) is 5.02 Å². The molecule has 2 amide bonds. The monoisotopic (exact) mass is 477 g/mol. The number of likely N-dealkylation sites (tertiary alicyclic amines) is 1. The van der Waals surface area contributed by atoms with E-state index in [1.165, 1.54) is 4.31 Å². The summed E-state index contributed by atoms with van der Waals surface area (Å²) < 4.78 is 26.0. The van der Waals surface area contributed by atoms with Crippen molar-refractivity contribution in [2.75, 3.05) is 35.5 Å². The van der Waals surface area contributed by atoms with Crippen molar-refractivity contribution in [3.05, 3.63) is 58.6 Å². The SMILES string of the molecule is Cc1ccc(Cl)cc1N(CCCC(=O)Nc1ccccc1C(=O)N1CCCC1)S(C)(=O)=O. The van der Waals surface area contributed by atoms with Gasteiger partial charge < -0.3 is 10.2 Å². The summed E-state index contributed by atoms with van der Waals surface area (Å²) in [5.41, 5.74) is 2.22. The van der Waals surface area contributed by atoms with Crippen molar-refractivity contribution in [1.82, 2.24) is 4.90 Å². The number of halogens is 1. The number of sulfonamides is 1. The molecule has 0 bridgehead atoms. The highest BCUT2D eigenvalue weighted by atomic mass is 35.5. The first-order chi connectivity index (χ1) is 15.2. The van der Waals surface area contributed by atoms with Gasteiger partial charge in [0.05, 0.1) is 23.2 Å². The zero-order valence-electron chi connectivity index (χ0n) is 18.3. The molecule has 172 valence electrons. The van der Waals surface area contributed by atoms with Gasteiger partial charge in [0.15, 0.2) is 0 Å². The van der Waals surface area contributed by atoms with Crippen LogP contribution in [-0.4, -0.2) is 51.0 Å². The maximum absolute atomic E-state index is 12.8. The number of rotatable bonds is 8. The summed E-state index contributed by atoms with van der Waals surface area (Å²) in [6.07, 6.45) is 3.53. The average Bonchev–Trinajstić information content (AvgIpc) is 3.27. The van der Waals surface area contributed by atoms with Gasteiger partial charge in [-0.1, -0.05) is 29.8 Å². The van der Waals surface area contributed by atoms with E-state index in [1.54, 1.807) is 47.4 Å². The van der Waals surface area contributed by atoms with Crippen LogP contribution < -0.4 is 9.62 Å². The number of carbonyl (C=O) groups is 2. The Labute approximate surface area is 194 Å². The predicted molar refractivity (Wildman–Crippen MR) is 128 cm³/mol. The summed E-state index contributed by atoms with van der Waals surface area (Å²) >= 11 is 6.06. The number of hydrogen-bond acceptors (Lipinski definition) is 4. The second kappa shape index (κ2) is 10.4. The summed E-state index contributed by atoms with van der Waals surface area (Å²) in [4.78, 5) is 27.1. The van der Waals surface area contributed by atoms with E-state index in [0.29, 0.717) is 28.4 Å². The molecule has 7 nitrogen and oxygen atoms in total. The van der Waals surface area contributed by atoms with Gasteiger partial charge in [-0.25, -0.2) is 8.42 Å². The smallest absolute Gasteiger partial charge is 0.255 e. The highest BCUT2D eigenvalue weighted by Crippen LogP contribution is 2.27. The van der Waals surface area contributed by atoms with Crippen molar-refractivity contribution in [1.29, 1.82) is 0 Å². The molecule has 0 atom stereocenters. The van der Waals surface area contributed by atoms with Crippen LogP contribution in [0.25, 0.3) is 0 Å². The van der Waals surface area contributed by atoms with Gasteiger partial charge in [-0.15, -0.1) is 0 Å².